The van der Waals surface area contributed by atoms with Crippen molar-refractivity contribution >= 4 is 17.4 Å². The molecule has 2 aromatic heterocycles. The molecule has 0 N–H and O–H groups in total. The summed E-state index contributed by atoms with van der Waals surface area (Å²) in [6.45, 7) is 0. The molecule has 1 aliphatic carbocycles. The molecule has 13 heavy (non-hydrogen) atoms. The summed E-state index contributed by atoms with van der Waals surface area (Å²) < 4.78 is 1.54. The monoisotopic (exact) mass is 194 g/mol. The summed E-state index contributed by atoms with van der Waals surface area (Å²) >= 11 is 6.00. The second-order valence-electron chi connectivity index (χ2n) is 3.25. The van der Waals surface area contributed by atoms with Crippen molar-refractivity contribution < 1.29 is 0 Å². The molecule has 66 valence electrons. The van der Waals surface area contributed by atoms with E-state index in [1.165, 1.54) is 23.7 Å². The first-order chi connectivity index (χ1) is 6.34. The fourth-order valence-corrected chi connectivity index (χ4v) is 1.61. The van der Waals surface area contributed by atoms with Crippen LogP contribution in [0.5, 0.6) is 0 Å². The number of hydrogen-bond acceptors (Lipinski definition) is 3. The lowest BCUT2D eigenvalue weighted by Gasteiger charge is -1.99. The molecule has 2 heterocycles. The van der Waals surface area contributed by atoms with Gasteiger partial charge in [0, 0.05) is 5.92 Å². The summed E-state index contributed by atoms with van der Waals surface area (Å²) in [5.41, 5.74) is 1.05. The van der Waals surface area contributed by atoms with Gasteiger partial charge < -0.3 is 0 Å². The predicted octanol–water partition coefficient (Wildman–Crippen LogP) is 1.66. The third-order valence-electron chi connectivity index (χ3n) is 2.22. The Balaban J connectivity index is 2.27. The Hall–Kier alpha value is -1.16. The van der Waals surface area contributed by atoms with E-state index in [2.05, 4.69) is 15.1 Å². The molecule has 0 saturated heterocycles. The Labute approximate surface area is 79.6 Å². The number of fused-ring (bicyclic) bond motifs is 1. The van der Waals surface area contributed by atoms with Crippen LogP contribution in [0.3, 0.4) is 0 Å². The van der Waals surface area contributed by atoms with Gasteiger partial charge in [-0.05, 0) is 18.9 Å². The van der Waals surface area contributed by atoms with Crippen LogP contribution < -0.4 is 0 Å². The van der Waals surface area contributed by atoms with E-state index in [9.17, 15) is 0 Å². The molecular weight excluding hydrogens is 188 g/mol. The first-order valence-corrected chi connectivity index (χ1v) is 4.58. The molecule has 0 aromatic carbocycles. The van der Waals surface area contributed by atoms with Crippen LogP contribution in [0.1, 0.15) is 24.5 Å². The van der Waals surface area contributed by atoms with Gasteiger partial charge >= 0.3 is 0 Å². The summed E-state index contributed by atoms with van der Waals surface area (Å²) in [7, 11) is 0. The van der Waals surface area contributed by atoms with Gasteiger partial charge in [-0.25, -0.2) is 4.98 Å². The van der Waals surface area contributed by atoms with Crippen molar-refractivity contribution in [1.82, 2.24) is 19.6 Å². The molecule has 1 fully saturated rings. The number of rotatable bonds is 1. The molecule has 0 atom stereocenters. The fourth-order valence-electron chi connectivity index (χ4n) is 1.38. The van der Waals surface area contributed by atoms with E-state index in [0.717, 1.165) is 5.69 Å². The van der Waals surface area contributed by atoms with Crippen LogP contribution >= 0.6 is 11.6 Å². The molecule has 2 aromatic rings. The molecule has 3 rings (SSSR count). The molecule has 0 radical (unpaired) electrons. The molecule has 0 unspecified atom stereocenters. The minimum Gasteiger partial charge on any atom is -0.216 e. The van der Waals surface area contributed by atoms with Crippen molar-refractivity contribution in [2.24, 2.45) is 0 Å². The molecule has 4 nitrogen and oxygen atoms in total. The zero-order valence-electron chi connectivity index (χ0n) is 6.81. The van der Waals surface area contributed by atoms with Crippen molar-refractivity contribution in [3.8, 4) is 0 Å². The Morgan fingerprint density at radius 1 is 1.46 bits per heavy atom. The van der Waals surface area contributed by atoms with Gasteiger partial charge in [0.1, 0.15) is 11.5 Å². The number of nitrogens with zero attached hydrogens (tertiary/aromatic N) is 4. The van der Waals surface area contributed by atoms with Crippen LogP contribution in [0, 0.1) is 0 Å². The van der Waals surface area contributed by atoms with Crippen LogP contribution in [0.15, 0.2) is 12.4 Å². The average Bonchev–Trinajstić information content (AvgIpc) is 2.85. The third-order valence-corrected chi connectivity index (χ3v) is 2.49. The van der Waals surface area contributed by atoms with Gasteiger partial charge in [-0.3, -0.25) is 0 Å². The van der Waals surface area contributed by atoms with Gasteiger partial charge in [-0.15, -0.1) is 0 Å². The predicted molar refractivity (Wildman–Crippen MR) is 47.8 cm³/mol. The molecular formula is C8H7ClN4. The highest BCUT2D eigenvalue weighted by Gasteiger charge is 2.26. The topological polar surface area (TPSA) is 43.1 Å². The summed E-state index contributed by atoms with van der Waals surface area (Å²) in [6, 6.07) is 1.88. The average molecular weight is 195 g/mol. The van der Waals surface area contributed by atoms with Crippen molar-refractivity contribution in [1.29, 1.82) is 0 Å². The molecule has 0 amide bonds. The van der Waals surface area contributed by atoms with Gasteiger partial charge in [-0.1, -0.05) is 11.6 Å². The van der Waals surface area contributed by atoms with Crippen molar-refractivity contribution in [2.45, 2.75) is 18.8 Å². The highest BCUT2D eigenvalue weighted by atomic mass is 35.5. The quantitative estimate of drug-likeness (QED) is 0.649. The first-order valence-electron chi connectivity index (χ1n) is 4.21. The maximum absolute atomic E-state index is 6.00. The zero-order valence-corrected chi connectivity index (χ0v) is 7.57. The van der Waals surface area contributed by atoms with Crippen LogP contribution in [0.2, 0.25) is 5.15 Å². The van der Waals surface area contributed by atoms with Gasteiger partial charge in [-0.2, -0.15) is 14.6 Å². The Bertz CT molecular complexity index is 460. The summed E-state index contributed by atoms with van der Waals surface area (Å²) in [5.74, 6) is 1.19. The van der Waals surface area contributed by atoms with Gasteiger partial charge in [0.2, 0.25) is 0 Å². The Morgan fingerprint density at radius 3 is 3.08 bits per heavy atom. The summed E-state index contributed by atoms with van der Waals surface area (Å²) in [4.78, 5) is 8.37. The smallest absolute Gasteiger partial charge is 0.216 e. The van der Waals surface area contributed by atoms with E-state index in [1.54, 1.807) is 0 Å². The van der Waals surface area contributed by atoms with E-state index in [4.69, 9.17) is 11.6 Å². The van der Waals surface area contributed by atoms with E-state index in [-0.39, 0.29) is 0 Å². The molecule has 5 heteroatoms. The standard InChI is InChI=1S/C8H7ClN4/c9-7-3-6(5-1-2-5)12-8-10-4-11-13(7)8/h3-5H,1-2H2. The second-order valence-corrected chi connectivity index (χ2v) is 3.64. The summed E-state index contributed by atoms with van der Waals surface area (Å²) in [5, 5.41) is 4.54. The first kappa shape index (κ1) is 7.26. The lowest BCUT2D eigenvalue weighted by atomic mass is 10.3. The molecule has 0 bridgehead atoms. The highest BCUT2D eigenvalue weighted by molar-refractivity contribution is 6.29. The number of aromatic nitrogens is 4. The maximum atomic E-state index is 6.00. The number of halogens is 1. The SMILES string of the molecule is Clc1cc(C2CC2)nc2ncnn12. The summed E-state index contributed by atoms with van der Waals surface area (Å²) in [6.07, 6.45) is 3.90. The van der Waals surface area contributed by atoms with Crippen molar-refractivity contribution in [2.75, 3.05) is 0 Å². The van der Waals surface area contributed by atoms with Crippen LogP contribution in [0.4, 0.5) is 0 Å². The largest absolute Gasteiger partial charge is 0.253 e. The lowest BCUT2D eigenvalue weighted by Crippen LogP contribution is -1.96. The minimum absolute atomic E-state index is 0.587. The van der Waals surface area contributed by atoms with E-state index in [0.29, 0.717) is 16.8 Å². The fraction of sp³-hybridized carbons (Fsp3) is 0.375. The normalized spacial score (nSPS) is 16.7. The van der Waals surface area contributed by atoms with E-state index >= 15 is 0 Å². The van der Waals surface area contributed by atoms with E-state index < -0.39 is 0 Å². The maximum Gasteiger partial charge on any atom is 0.253 e. The van der Waals surface area contributed by atoms with Gasteiger partial charge in [0.15, 0.2) is 0 Å². The molecule has 1 aliphatic rings. The number of hydrogen-bond donors (Lipinski definition) is 0. The Kier molecular flexibility index (Phi) is 1.35. The van der Waals surface area contributed by atoms with Crippen molar-refractivity contribution in [3.05, 3.63) is 23.2 Å². The lowest BCUT2D eigenvalue weighted by molar-refractivity contribution is 0.908. The van der Waals surface area contributed by atoms with E-state index in [1.807, 2.05) is 6.07 Å². The van der Waals surface area contributed by atoms with Crippen LogP contribution in [-0.2, 0) is 0 Å². The van der Waals surface area contributed by atoms with Gasteiger partial charge in [0.25, 0.3) is 5.78 Å². The minimum atomic E-state index is 0.587. The van der Waals surface area contributed by atoms with Crippen molar-refractivity contribution in [3.63, 3.8) is 0 Å². The Morgan fingerprint density at radius 2 is 2.31 bits per heavy atom. The van der Waals surface area contributed by atoms with Gasteiger partial charge in [0.05, 0.1) is 5.69 Å². The molecule has 0 spiro atoms. The zero-order chi connectivity index (χ0) is 8.84. The molecule has 0 aliphatic heterocycles. The molecule has 1 saturated carbocycles. The van der Waals surface area contributed by atoms with Crippen LogP contribution in [-0.4, -0.2) is 19.6 Å². The third kappa shape index (κ3) is 1.09. The van der Waals surface area contributed by atoms with Crippen LogP contribution in [0.25, 0.3) is 5.78 Å². The second kappa shape index (κ2) is 2.42. The highest BCUT2D eigenvalue weighted by Crippen LogP contribution is 2.39.